The largest absolute Gasteiger partial charge is 0.456 e. The van der Waals surface area contributed by atoms with Crippen LogP contribution in [-0.2, 0) is 5.41 Å². The Balaban J connectivity index is 1.02. The van der Waals surface area contributed by atoms with Crippen LogP contribution in [0.2, 0.25) is 0 Å². The summed E-state index contributed by atoms with van der Waals surface area (Å²) in [4.78, 5) is 12.5. The molecule has 0 saturated heterocycles. The molecule has 1 aromatic heterocycles. The zero-order valence-electron chi connectivity index (χ0n) is 35.1. The van der Waals surface area contributed by atoms with Gasteiger partial charge >= 0.3 is 0 Å². The number of benzene rings is 8. The number of anilines is 3. The van der Waals surface area contributed by atoms with Gasteiger partial charge in [0.25, 0.3) is 0 Å². The molecule has 1 aliphatic carbocycles. The number of hydrogen-bond acceptors (Lipinski definition) is 3. The second kappa shape index (κ2) is 15.7. The molecule has 10 rings (SSSR count). The molecular formula is C58H45N3O. The van der Waals surface area contributed by atoms with Gasteiger partial charge in [0.2, 0.25) is 0 Å². The fraction of sp³-hybridized carbons (Fsp3) is 0.0690. The minimum atomic E-state index is -0.0522. The van der Waals surface area contributed by atoms with E-state index in [0.29, 0.717) is 11.5 Å². The van der Waals surface area contributed by atoms with E-state index in [1.54, 1.807) is 0 Å². The Kier molecular flexibility index (Phi) is 9.69. The fourth-order valence-corrected chi connectivity index (χ4v) is 8.95. The number of hydrogen-bond donors (Lipinski definition) is 0. The minimum absolute atomic E-state index is 0.0522. The summed E-state index contributed by atoms with van der Waals surface area (Å²) in [7, 11) is 0. The predicted molar refractivity (Wildman–Crippen MR) is 261 cm³/mol. The average Bonchev–Trinajstić information content (AvgIpc) is 3.80. The smallest absolute Gasteiger partial charge is 0.160 e. The highest BCUT2D eigenvalue weighted by Gasteiger charge is 2.35. The van der Waals surface area contributed by atoms with Gasteiger partial charge in [0.05, 0.1) is 11.4 Å². The molecule has 0 bridgehead atoms. The molecule has 0 atom stereocenters. The summed E-state index contributed by atoms with van der Waals surface area (Å²) in [5.41, 5.74) is 17.3. The number of fused-ring (bicyclic) bond motifs is 6. The minimum Gasteiger partial charge on any atom is -0.456 e. The SMILES string of the molecule is C=C(C)/C(=N\C(=N/C(=C)c1ccccc1)c1ccccc1)c1ccc2c(c1)oc1cccc(-c3ccc(N(c4ccccc4)c4ccc5c(c4)-c4ccccc4C5(C)C)cc3)c12. The lowest BCUT2D eigenvalue weighted by atomic mass is 9.82. The van der Waals surface area contributed by atoms with Crippen LogP contribution in [-0.4, -0.2) is 11.5 Å². The highest BCUT2D eigenvalue weighted by atomic mass is 16.3. The van der Waals surface area contributed by atoms with Crippen LogP contribution >= 0.6 is 0 Å². The van der Waals surface area contributed by atoms with E-state index in [9.17, 15) is 0 Å². The number of allylic oxidation sites excluding steroid dienone is 1. The summed E-state index contributed by atoms with van der Waals surface area (Å²) in [5, 5.41) is 2.10. The summed E-state index contributed by atoms with van der Waals surface area (Å²) in [6.45, 7) is 15.2. The van der Waals surface area contributed by atoms with Gasteiger partial charge in [-0.05, 0) is 106 Å². The second-order valence-corrected chi connectivity index (χ2v) is 16.5. The summed E-state index contributed by atoms with van der Waals surface area (Å²) in [5.74, 6) is 0.559. The maximum atomic E-state index is 6.61. The van der Waals surface area contributed by atoms with Gasteiger partial charge in [0.1, 0.15) is 11.2 Å². The Labute approximate surface area is 363 Å². The first kappa shape index (κ1) is 38.4. The third kappa shape index (κ3) is 6.86. The van der Waals surface area contributed by atoms with E-state index in [1.807, 2.05) is 73.7 Å². The van der Waals surface area contributed by atoms with E-state index in [0.717, 1.165) is 78.1 Å². The number of para-hydroxylation sites is 1. The van der Waals surface area contributed by atoms with Crippen LogP contribution in [0.1, 0.15) is 48.6 Å². The molecule has 0 fully saturated rings. The summed E-state index contributed by atoms with van der Waals surface area (Å²) in [6.07, 6.45) is 0. The molecule has 1 heterocycles. The van der Waals surface area contributed by atoms with Crippen molar-refractivity contribution in [1.29, 1.82) is 0 Å². The topological polar surface area (TPSA) is 41.1 Å². The Hall–Kier alpha value is -7.82. The number of nitrogens with zero attached hydrogens (tertiary/aromatic N) is 3. The van der Waals surface area contributed by atoms with Crippen molar-refractivity contribution in [3.63, 3.8) is 0 Å². The van der Waals surface area contributed by atoms with Crippen molar-refractivity contribution in [2.45, 2.75) is 26.2 Å². The summed E-state index contributed by atoms with van der Waals surface area (Å²) < 4.78 is 6.61. The molecule has 0 N–H and O–H groups in total. The maximum absolute atomic E-state index is 6.61. The normalized spacial score (nSPS) is 13.2. The van der Waals surface area contributed by atoms with Gasteiger partial charge in [0, 0.05) is 44.4 Å². The van der Waals surface area contributed by atoms with Crippen LogP contribution < -0.4 is 4.90 Å². The molecule has 0 radical (unpaired) electrons. The van der Waals surface area contributed by atoms with Crippen LogP contribution in [0.5, 0.6) is 0 Å². The first-order valence-corrected chi connectivity index (χ1v) is 21.0. The standard InChI is InChI=1S/C58H45N3O/c1-38(2)56(60-57(42-20-11-7-12-21-42)59-39(3)40-18-9-6-10-19-40)43-30-34-49-54(36-43)62-53-27-17-25-47(55(49)53)41-28-31-45(32-29-41)61(44-22-13-8-14-23-44)46-33-35-52-50(37-46)48-24-15-16-26-51(48)58(52,4)5/h6-37H,1,3H2,2,4-5H3/b59-57-,60-56+. The molecule has 8 aromatic carbocycles. The fourth-order valence-electron chi connectivity index (χ4n) is 8.95. The summed E-state index contributed by atoms with van der Waals surface area (Å²) >= 11 is 0. The molecule has 0 saturated carbocycles. The molecule has 0 amide bonds. The van der Waals surface area contributed by atoms with Crippen LogP contribution in [0.15, 0.2) is 227 Å². The predicted octanol–water partition coefficient (Wildman–Crippen LogP) is 15.5. The third-order valence-corrected chi connectivity index (χ3v) is 12.0. The van der Waals surface area contributed by atoms with Crippen molar-refractivity contribution in [1.82, 2.24) is 0 Å². The Morgan fingerprint density at radius 3 is 1.84 bits per heavy atom. The summed E-state index contributed by atoms with van der Waals surface area (Å²) in [6, 6.07) is 67.8. The van der Waals surface area contributed by atoms with Gasteiger partial charge in [-0.3, -0.25) is 0 Å². The van der Waals surface area contributed by atoms with Crippen molar-refractivity contribution in [3.8, 4) is 22.3 Å². The van der Waals surface area contributed by atoms with Gasteiger partial charge in [-0.2, -0.15) is 0 Å². The van der Waals surface area contributed by atoms with Crippen molar-refractivity contribution in [2.24, 2.45) is 9.98 Å². The monoisotopic (exact) mass is 799 g/mol. The van der Waals surface area contributed by atoms with E-state index in [-0.39, 0.29) is 5.41 Å². The van der Waals surface area contributed by atoms with E-state index >= 15 is 0 Å². The Morgan fingerprint density at radius 2 is 1.11 bits per heavy atom. The lowest BCUT2D eigenvalue weighted by molar-refractivity contribution is 0.660. The lowest BCUT2D eigenvalue weighted by Crippen LogP contribution is -2.15. The lowest BCUT2D eigenvalue weighted by Gasteiger charge is -2.27. The van der Waals surface area contributed by atoms with Crippen LogP contribution in [0, 0.1) is 0 Å². The highest BCUT2D eigenvalue weighted by molar-refractivity contribution is 6.21. The van der Waals surface area contributed by atoms with Crippen molar-refractivity contribution >= 4 is 56.2 Å². The average molecular weight is 800 g/mol. The van der Waals surface area contributed by atoms with Crippen molar-refractivity contribution < 1.29 is 4.42 Å². The van der Waals surface area contributed by atoms with E-state index < -0.39 is 0 Å². The van der Waals surface area contributed by atoms with Gasteiger partial charge in [-0.15, -0.1) is 0 Å². The number of furan rings is 1. The molecule has 0 aliphatic heterocycles. The second-order valence-electron chi connectivity index (χ2n) is 16.5. The number of amidine groups is 1. The zero-order valence-corrected chi connectivity index (χ0v) is 35.1. The van der Waals surface area contributed by atoms with Gasteiger partial charge in [0.15, 0.2) is 5.84 Å². The van der Waals surface area contributed by atoms with Crippen LogP contribution in [0.3, 0.4) is 0 Å². The van der Waals surface area contributed by atoms with E-state index in [1.165, 1.54) is 22.3 Å². The first-order valence-electron chi connectivity index (χ1n) is 21.0. The quantitative estimate of drug-likeness (QED) is 0.108. The Morgan fingerprint density at radius 1 is 0.500 bits per heavy atom. The first-order chi connectivity index (χ1) is 30.2. The molecule has 4 nitrogen and oxygen atoms in total. The van der Waals surface area contributed by atoms with Crippen molar-refractivity contribution in [3.05, 3.63) is 241 Å². The maximum Gasteiger partial charge on any atom is 0.160 e. The van der Waals surface area contributed by atoms with Gasteiger partial charge in [-0.1, -0.05) is 167 Å². The molecule has 62 heavy (non-hydrogen) atoms. The van der Waals surface area contributed by atoms with Crippen molar-refractivity contribution in [2.75, 3.05) is 4.90 Å². The number of aliphatic imine (C=N–C) groups is 2. The third-order valence-electron chi connectivity index (χ3n) is 12.0. The van der Waals surface area contributed by atoms with Crippen LogP contribution in [0.25, 0.3) is 49.9 Å². The molecule has 1 aliphatic rings. The molecule has 9 aromatic rings. The molecular weight excluding hydrogens is 755 g/mol. The van der Waals surface area contributed by atoms with Gasteiger partial charge < -0.3 is 9.32 Å². The van der Waals surface area contributed by atoms with Gasteiger partial charge in [-0.25, -0.2) is 9.98 Å². The van der Waals surface area contributed by atoms with E-state index in [2.05, 4.69) is 159 Å². The molecule has 0 spiro atoms. The molecule has 298 valence electrons. The Bertz CT molecular complexity index is 3230. The van der Waals surface area contributed by atoms with Crippen LogP contribution in [0.4, 0.5) is 17.1 Å². The molecule has 4 heteroatoms. The highest BCUT2D eigenvalue weighted by Crippen LogP contribution is 2.50. The van der Waals surface area contributed by atoms with E-state index in [4.69, 9.17) is 14.4 Å². The zero-order chi connectivity index (χ0) is 42.4. The number of rotatable bonds is 9. The molecule has 0 unspecified atom stereocenters.